The van der Waals surface area contributed by atoms with Crippen molar-refractivity contribution in [3.8, 4) is 11.5 Å². The largest absolute Gasteiger partial charge is 0.457 e. The Hall–Kier alpha value is -2.37. The number of ether oxygens (including phenoxy) is 3. The smallest absolute Gasteiger partial charge is 0.292 e. The Morgan fingerprint density at radius 2 is 1.81 bits per heavy atom. The molecule has 3 aliphatic rings. The van der Waals surface area contributed by atoms with E-state index in [0.717, 1.165) is 30.0 Å². The van der Waals surface area contributed by atoms with Gasteiger partial charge in [-0.15, -0.1) is 0 Å². The van der Waals surface area contributed by atoms with Crippen LogP contribution in [0.1, 0.15) is 24.8 Å². The Kier molecular flexibility index (Phi) is 3.72. The molecular formula is C21H21NO4. The average Bonchev–Trinajstić information content (AvgIpc) is 3.48. The lowest BCUT2D eigenvalue weighted by atomic mass is 10.1. The molecule has 0 radical (unpaired) electrons. The number of para-hydroxylation sites is 1. The summed E-state index contributed by atoms with van der Waals surface area (Å²) in [7, 11) is 0. The summed E-state index contributed by atoms with van der Waals surface area (Å²) < 4.78 is 17.8. The van der Waals surface area contributed by atoms with Crippen molar-refractivity contribution in [1.29, 1.82) is 0 Å². The molecule has 0 aromatic heterocycles. The van der Waals surface area contributed by atoms with Crippen LogP contribution < -0.4 is 9.64 Å². The molecule has 1 saturated heterocycles. The van der Waals surface area contributed by atoms with Gasteiger partial charge in [-0.2, -0.15) is 0 Å². The molecule has 5 rings (SSSR count). The van der Waals surface area contributed by atoms with Crippen LogP contribution >= 0.6 is 0 Å². The summed E-state index contributed by atoms with van der Waals surface area (Å²) in [5.74, 6) is 0.611. The number of amides is 1. The first-order chi connectivity index (χ1) is 12.8. The molecule has 2 aliphatic heterocycles. The van der Waals surface area contributed by atoms with Gasteiger partial charge < -0.3 is 19.1 Å². The van der Waals surface area contributed by atoms with Crippen LogP contribution in [0.2, 0.25) is 0 Å². The number of fused-ring (bicyclic) bond motifs is 2. The predicted molar refractivity (Wildman–Crippen MR) is 96.2 cm³/mol. The van der Waals surface area contributed by atoms with Gasteiger partial charge in [-0.25, -0.2) is 0 Å². The molecular weight excluding hydrogens is 330 g/mol. The molecule has 0 bridgehead atoms. The first-order valence-corrected chi connectivity index (χ1v) is 9.23. The van der Waals surface area contributed by atoms with Crippen molar-refractivity contribution in [2.45, 2.75) is 25.0 Å². The van der Waals surface area contributed by atoms with Crippen LogP contribution in [0.25, 0.3) is 0 Å². The quantitative estimate of drug-likeness (QED) is 0.840. The number of hydrogen-bond donors (Lipinski definition) is 0. The normalized spacial score (nSPS) is 21.1. The van der Waals surface area contributed by atoms with E-state index in [1.807, 2.05) is 53.4 Å². The Morgan fingerprint density at radius 3 is 2.54 bits per heavy atom. The molecule has 0 unspecified atom stereocenters. The third-order valence-electron chi connectivity index (χ3n) is 5.16. The summed E-state index contributed by atoms with van der Waals surface area (Å²) in [4.78, 5) is 15.0. The molecule has 134 valence electrons. The van der Waals surface area contributed by atoms with Crippen LogP contribution in [0.5, 0.6) is 11.5 Å². The van der Waals surface area contributed by atoms with Gasteiger partial charge in [0, 0.05) is 12.1 Å². The topological polar surface area (TPSA) is 48.0 Å². The van der Waals surface area contributed by atoms with E-state index in [2.05, 4.69) is 0 Å². The lowest BCUT2D eigenvalue weighted by Gasteiger charge is -2.32. The molecule has 5 heteroatoms. The highest BCUT2D eigenvalue weighted by molar-refractivity contribution is 6.06. The molecule has 2 aromatic carbocycles. The summed E-state index contributed by atoms with van der Waals surface area (Å²) >= 11 is 0. The molecule has 1 saturated carbocycles. The molecule has 26 heavy (non-hydrogen) atoms. The van der Waals surface area contributed by atoms with Crippen molar-refractivity contribution in [3.05, 3.63) is 54.1 Å². The van der Waals surface area contributed by atoms with Gasteiger partial charge in [-0.1, -0.05) is 18.2 Å². The average molecular weight is 351 g/mol. The van der Waals surface area contributed by atoms with Gasteiger partial charge in [-0.05, 0) is 55.5 Å². The maximum absolute atomic E-state index is 13.2. The number of benzene rings is 2. The fourth-order valence-electron chi connectivity index (χ4n) is 3.66. The molecule has 5 nitrogen and oxygen atoms in total. The number of nitrogens with zero attached hydrogens (tertiary/aromatic N) is 1. The van der Waals surface area contributed by atoms with Crippen LogP contribution in [0, 0.1) is 5.92 Å². The summed E-state index contributed by atoms with van der Waals surface area (Å²) in [6.07, 6.45) is 3.17. The van der Waals surface area contributed by atoms with E-state index < -0.39 is 5.79 Å². The minimum Gasteiger partial charge on any atom is -0.457 e. The summed E-state index contributed by atoms with van der Waals surface area (Å²) in [5.41, 5.74) is 1.64. The highest BCUT2D eigenvalue weighted by Crippen LogP contribution is 2.48. The lowest BCUT2D eigenvalue weighted by Crippen LogP contribution is -2.47. The van der Waals surface area contributed by atoms with E-state index in [1.165, 1.54) is 12.8 Å². The van der Waals surface area contributed by atoms with Gasteiger partial charge in [0.1, 0.15) is 11.5 Å². The first kappa shape index (κ1) is 15.9. The van der Waals surface area contributed by atoms with Crippen LogP contribution in [0.4, 0.5) is 5.69 Å². The molecule has 0 N–H and O–H groups in total. The SMILES string of the molecule is O=C1N(CC2CC2)c2ccc(Oc3ccccc3)cc2C12OCCCO2. The molecule has 2 heterocycles. The standard InChI is InChI=1S/C21H21NO4/c23-20-21(24-11-4-12-25-21)18-13-17(26-16-5-2-1-3-6-16)9-10-19(18)22(20)14-15-7-8-15/h1-3,5-6,9-10,13,15H,4,7-8,11-12,14H2. The van der Waals surface area contributed by atoms with Crippen LogP contribution in [0.3, 0.4) is 0 Å². The van der Waals surface area contributed by atoms with Crippen molar-refractivity contribution >= 4 is 11.6 Å². The zero-order valence-electron chi connectivity index (χ0n) is 14.5. The minimum atomic E-state index is -1.31. The Balaban J connectivity index is 1.53. The van der Waals surface area contributed by atoms with E-state index >= 15 is 0 Å². The fraction of sp³-hybridized carbons (Fsp3) is 0.381. The minimum absolute atomic E-state index is 0.101. The van der Waals surface area contributed by atoms with Gasteiger partial charge >= 0.3 is 0 Å². The predicted octanol–water partition coefficient (Wildman–Crippen LogP) is 3.83. The van der Waals surface area contributed by atoms with Gasteiger partial charge in [0.05, 0.1) is 18.9 Å². The van der Waals surface area contributed by atoms with E-state index in [0.29, 0.717) is 24.9 Å². The number of anilines is 1. The monoisotopic (exact) mass is 351 g/mol. The second-order valence-electron chi connectivity index (χ2n) is 7.12. The van der Waals surface area contributed by atoms with E-state index in [9.17, 15) is 4.79 Å². The molecule has 0 atom stereocenters. The van der Waals surface area contributed by atoms with Gasteiger partial charge in [0.25, 0.3) is 11.7 Å². The molecule has 2 aromatic rings. The maximum Gasteiger partial charge on any atom is 0.292 e. The molecule has 1 amide bonds. The summed E-state index contributed by atoms with van der Waals surface area (Å²) in [6.45, 7) is 1.78. The highest BCUT2D eigenvalue weighted by Gasteiger charge is 2.55. The number of rotatable bonds is 4. The Bertz CT molecular complexity index is 825. The van der Waals surface area contributed by atoms with Gasteiger partial charge in [0.2, 0.25) is 0 Å². The van der Waals surface area contributed by atoms with Gasteiger partial charge in [-0.3, -0.25) is 4.79 Å². The molecule has 2 fully saturated rings. The first-order valence-electron chi connectivity index (χ1n) is 9.23. The third-order valence-corrected chi connectivity index (χ3v) is 5.16. The Labute approximate surface area is 152 Å². The molecule has 1 aliphatic carbocycles. The van der Waals surface area contributed by atoms with Gasteiger partial charge in [0.15, 0.2) is 0 Å². The van der Waals surface area contributed by atoms with Crippen LogP contribution in [0.15, 0.2) is 48.5 Å². The lowest BCUT2D eigenvalue weighted by molar-refractivity contribution is -0.256. The molecule has 1 spiro atoms. The van der Waals surface area contributed by atoms with E-state index in [1.54, 1.807) is 0 Å². The number of hydrogen-bond acceptors (Lipinski definition) is 4. The maximum atomic E-state index is 13.2. The third kappa shape index (κ3) is 2.59. The van der Waals surface area contributed by atoms with E-state index in [4.69, 9.17) is 14.2 Å². The van der Waals surface area contributed by atoms with Crippen LogP contribution in [-0.2, 0) is 20.1 Å². The van der Waals surface area contributed by atoms with Crippen molar-refractivity contribution in [3.63, 3.8) is 0 Å². The number of carbonyl (C=O) groups is 1. The Morgan fingerprint density at radius 1 is 1.04 bits per heavy atom. The fourth-order valence-corrected chi connectivity index (χ4v) is 3.66. The van der Waals surface area contributed by atoms with E-state index in [-0.39, 0.29) is 5.91 Å². The second-order valence-corrected chi connectivity index (χ2v) is 7.12. The van der Waals surface area contributed by atoms with Crippen molar-refractivity contribution in [2.75, 3.05) is 24.7 Å². The zero-order chi connectivity index (χ0) is 17.6. The number of carbonyl (C=O) groups excluding carboxylic acids is 1. The summed E-state index contributed by atoms with van der Waals surface area (Å²) in [6, 6.07) is 15.4. The van der Waals surface area contributed by atoms with Crippen LogP contribution in [-0.4, -0.2) is 25.7 Å². The van der Waals surface area contributed by atoms with Crippen molar-refractivity contribution in [1.82, 2.24) is 0 Å². The zero-order valence-corrected chi connectivity index (χ0v) is 14.5. The van der Waals surface area contributed by atoms with Crippen molar-refractivity contribution < 1.29 is 19.0 Å². The highest BCUT2D eigenvalue weighted by atomic mass is 16.7. The van der Waals surface area contributed by atoms with Crippen molar-refractivity contribution in [2.24, 2.45) is 5.92 Å². The second kappa shape index (κ2) is 6.11. The summed E-state index contributed by atoms with van der Waals surface area (Å²) in [5, 5.41) is 0.